The molecule has 10 heavy (non-hydrogen) atoms. The summed E-state index contributed by atoms with van der Waals surface area (Å²) in [5.41, 5.74) is 6.49. The molecule has 0 saturated carbocycles. The molecule has 1 unspecified atom stereocenters. The second kappa shape index (κ2) is 2.75. The molecule has 1 aromatic rings. The van der Waals surface area contributed by atoms with Crippen LogP contribution >= 0.6 is 0 Å². The first-order chi connectivity index (χ1) is 4.70. The van der Waals surface area contributed by atoms with Crippen LogP contribution in [0.25, 0.3) is 0 Å². The van der Waals surface area contributed by atoms with Crippen LogP contribution in [0.15, 0.2) is 12.3 Å². The normalized spacial score (nSPS) is 13.1. The second-order valence-corrected chi connectivity index (χ2v) is 2.32. The molecule has 1 heterocycles. The van der Waals surface area contributed by atoms with Crippen molar-refractivity contribution in [2.24, 2.45) is 5.73 Å². The van der Waals surface area contributed by atoms with Crippen LogP contribution < -0.4 is 5.73 Å². The van der Waals surface area contributed by atoms with Crippen molar-refractivity contribution in [3.63, 3.8) is 0 Å². The molecule has 0 amide bonds. The van der Waals surface area contributed by atoms with Crippen molar-refractivity contribution in [3.05, 3.63) is 23.8 Å². The largest absolute Gasteiger partial charge is 0.323 e. The lowest BCUT2D eigenvalue weighted by molar-refractivity contribution is 0.765. The quantitative estimate of drug-likeness (QED) is 0.623. The lowest BCUT2D eigenvalue weighted by atomic mass is 10.2. The van der Waals surface area contributed by atoms with E-state index in [2.05, 4.69) is 9.97 Å². The van der Waals surface area contributed by atoms with Gasteiger partial charge in [0.1, 0.15) is 5.82 Å². The summed E-state index contributed by atoms with van der Waals surface area (Å²) in [5.74, 6) is 0.773. The van der Waals surface area contributed by atoms with Gasteiger partial charge in [0, 0.05) is 12.2 Å². The van der Waals surface area contributed by atoms with E-state index in [1.807, 2.05) is 19.9 Å². The Morgan fingerprint density at radius 2 is 2.30 bits per heavy atom. The summed E-state index contributed by atoms with van der Waals surface area (Å²) in [6.07, 6.45) is 1.72. The topological polar surface area (TPSA) is 51.8 Å². The third-order valence-electron chi connectivity index (χ3n) is 1.26. The Balaban J connectivity index is 2.96. The molecule has 1 aromatic heterocycles. The third kappa shape index (κ3) is 1.51. The maximum atomic E-state index is 5.59. The smallest absolute Gasteiger partial charge is 0.125 e. The van der Waals surface area contributed by atoms with Crippen LogP contribution in [0.2, 0.25) is 0 Å². The number of rotatable bonds is 1. The fourth-order valence-corrected chi connectivity index (χ4v) is 0.728. The molecule has 3 nitrogen and oxygen atoms in total. The third-order valence-corrected chi connectivity index (χ3v) is 1.26. The minimum absolute atomic E-state index is 0.00157. The van der Waals surface area contributed by atoms with Crippen molar-refractivity contribution >= 4 is 0 Å². The van der Waals surface area contributed by atoms with Gasteiger partial charge >= 0.3 is 0 Å². The Morgan fingerprint density at radius 3 is 2.70 bits per heavy atom. The van der Waals surface area contributed by atoms with Crippen molar-refractivity contribution < 1.29 is 0 Å². The summed E-state index contributed by atoms with van der Waals surface area (Å²) in [5, 5.41) is 0. The fraction of sp³-hybridized carbons (Fsp3) is 0.429. The van der Waals surface area contributed by atoms with E-state index in [1.54, 1.807) is 6.20 Å². The SMILES string of the molecule is Cc1nccc(C(C)N)n1. The zero-order valence-corrected chi connectivity index (χ0v) is 6.20. The molecule has 0 spiro atoms. The van der Waals surface area contributed by atoms with E-state index in [0.717, 1.165) is 11.5 Å². The van der Waals surface area contributed by atoms with Gasteiger partial charge in [-0.05, 0) is 19.9 Å². The average Bonchev–Trinajstić information content (AvgIpc) is 1.88. The van der Waals surface area contributed by atoms with Crippen molar-refractivity contribution in [2.75, 3.05) is 0 Å². The lowest BCUT2D eigenvalue weighted by Crippen LogP contribution is -2.08. The van der Waals surface area contributed by atoms with E-state index in [4.69, 9.17) is 5.73 Å². The van der Waals surface area contributed by atoms with Crippen molar-refractivity contribution in [3.8, 4) is 0 Å². The molecule has 0 saturated heterocycles. The van der Waals surface area contributed by atoms with Crippen LogP contribution in [0.5, 0.6) is 0 Å². The monoisotopic (exact) mass is 137 g/mol. The summed E-state index contributed by atoms with van der Waals surface area (Å²) in [7, 11) is 0. The molecule has 0 fully saturated rings. The predicted molar refractivity (Wildman–Crippen MR) is 39.4 cm³/mol. The molecule has 3 heteroatoms. The van der Waals surface area contributed by atoms with Crippen LogP contribution in [0.4, 0.5) is 0 Å². The number of nitrogens with zero attached hydrogens (tertiary/aromatic N) is 2. The Labute approximate surface area is 60.3 Å². The Hall–Kier alpha value is -0.960. The first-order valence-electron chi connectivity index (χ1n) is 3.25. The fourth-order valence-electron chi connectivity index (χ4n) is 0.728. The van der Waals surface area contributed by atoms with Gasteiger partial charge in [-0.1, -0.05) is 0 Å². The molecular formula is C7H11N3. The summed E-state index contributed by atoms with van der Waals surface area (Å²) in [4.78, 5) is 8.09. The van der Waals surface area contributed by atoms with E-state index >= 15 is 0 Å². The maximum Gasteiger partial charge on any atom is 0.125 e. The number of aryl methyl sites for hydroxylation is 1. The van der Waals surface area contributed by atoms with Gasteiger partial charge in [0.2, 0.25) is 0 Å². The summed E-state index contributed by atoms with van der Waals surface area (Å²) < 4.78 is 0. The molecule has 0 aliphatic carbocycles. The van der Waals surface area contributed by atoms with Crippen LogP contribution in [-0.2, 0) is 0 Å². The molecule has 2 N–H and O–H groups in total. The van der Waals surface area contributed by atoms with E-state index in [0.29, 0.717) is 0 Å². The lowest BCUT2D eigenvalue weighted by Gasteiger charge is -2.02. The maximum absolute atomic E-state index is 5.59. The van der Waals surface area contributed by atoms with Crippen molar-refractivity contribution in [1.82, 2.24) is 9.97 Å². The molecule has 1 rings (SSSR count). The van der Waals surface area contributed by atoms with Gasteiger partial charge in [0.05, 0.1) is 5.69 Å². The molecule has 54 valence electrons. The van der Waals surface area contributed by atoms with E-state index in [-0.39, 0.29) is 6.04 Å². The number of aromatic nitrogens is 2. The van der Waals surface area contributed by atoms with Gasteiger partial charge in [-0.2, -0.15) is 0 Å². The zero-order valence-electron chi connectivity index (χ0n) is 6.20. The first-order valence-corrected chi connectivity index (χ1v) is 3.25. The van der Waals surface area contributed by atoms with Crippen LogP contribution in [0.1, 0.15) is 24.5 Å². The summed E-state index contributed by atoms with van der Waals surface area (Å²) in [6.45, 7) is 3.76. The van der Waals surface area contributed by atoms with Gasteiger partial charge in [0.15, 0.2) is 0 Å². The van der Waals surface area contributed by atoms with E-state index in [1.165, 1.54) is 0 Å². The zero-order chi connectivity index (χ0) is 7.56. The highest BCUT2D eigenvalue weighted by molar-refractivity contribution is 5.04. The van der Waals surface area contributed by atoms with Crippen LogP contribution in [-0.4, -0.2) is 9.97 Å². The van der Waals surface area contributed by atoms with Crippen LogP contribution in [0, 0.1) is 6.92 Å². The summed E-state index contributed by atoms with van der Waals surface area (Å²) in [6, 6.07) is 1.83. The molecule has 0 aromatic carbocycles. The van der Waals surface area contributed by atoms with Gasteiger partial charge in [-0.3, -0.25) is 0 Å². The van der Waals surface area contributed by atoms with Gasteiger partial charge in [-0.25, -0.2) is 9.97 Å². The molecule has 0 aliphatic rings. The second-order valence-electron chi connectivity index (χ2n) is 2.32. The minimum atomic E-state index is 0.00157. The molecule has 0 radical (unpaired) electrons. The first kappa shape index (κ1) is 7.15. The number of nitrogens with two attached hydrogens (primary N) is 1. The Kier molecular flexibility index (Phi) is 1.97. The van der Waals surface area contributed by atoms with Crippen molar-refractivity contribution in [1.29, 1.82) is 0 Å². The van der Waals surface area contributed by atoms with Gasteiger partial charge in [-0.15, -0.1) is 0 Å². The Bertz CT molecular complexity index is 220. The highest BCUT2D eigenvalue weighted by Crippen LogP contribution is 2.03. The van der Waals surface area contributed by atoms with Crippen molar-refractivity contribution in [2.45, 2.75) is 19.9 Å². The molecular weight excluding hydrogens is 126 g/mol. The van der Waals surface area contributed by atoms with E-state index < -0.39 is 0 Å². The molecule has 0 bridgehead atoms. The average molecular weight is 137 g/mol. The standard InChI is InChI=1S/C7H11N3/c1-5(8)7-3-4-9-6(2)10-7/h3-5H,8H2,1-2H3. The highest BCUT2D eigenvalue weighted by atomic mass is 14.9. The summed E-state index contributed by atoms with van der Waals surface area (Å²) >= 11 is 0. The van der Waals surface area contributed by atoms with E-state index in [9.17, 15) is 0 Å². The highest BCUT2D eigenvalue weighted by Gasteiger charge is 1.99. The predicted octanol–water partition coefficient (Wildman–Crippen LogP) is 0.805. The Morgan fingerprint density at radius 1 is 1.60 bits per heavy atom. The van der Waals surface area contributed by atoms with Gasteiger partial charge < -0.3 is 5.73 Å². The molecule has 0 aliphatic heterocycles. The number of hydrogen-bond acceptors (Lipinski definition) is 3. The number of hydrogen-bond donors (Lipinski definition) is 1. The van der Waals surface area contributed by atoms with Crippen LogP contribution in [0.3, 0.4) is 0 Å². The van der Waals surface area contributed by atoms with Gasteiger partial charge in [0.25, 0.3) is 0 Å². The molecule has 1 atom stereocenters. The minimum Gasteiger partial charge on any atom is -0.323 e.